The van der Waals surface area contributed by atoms with E-state index in [1.165, 1.54) is 6.07 Å². The third-order valence-electron chi connectivity index (χ3n) is 5.19. The number of nitrogens with zero attached hydrogens (tertiary/aromatic N) is 3. The molecule has 0 radical (unpaired) electrons. The van der Waals surface area contributed by atoms with Crippen molar-refractivity contribution < 1.29 is 27.2 Å². The van der Waals surface area contributed by atoms with Gasteiger partial charge in [-0.15, -0.1) is 0 Å². The fourth-order valence-electron chi connectivity index (χ4n) is 3.83. The molecule has 2 aromatic rings. The van der Waals surface area contributed by atoms with E-state index < -0.39 is 41.7 Å². The van der Waals surface area contributed by atoms with Gasteiger partial charge in [0.25, 0.3) is 5.91 Å². The molecule has 152 valence electrons. The van der Waals surface area contributed by atoms with Crippen LogP contribution in [0.2, 0.25) is 0 Å². The minimum absolute atomic E-state index is 0.146. The molecule has 1 fully saturated rings. The smallest absolute Gasteiger partial charge is 0.328 e. The maximum atomic E-state index is 13.4. The zero-order valence-electron chi connectivity index (χ0n) is 14.6. The Labute approximate surface area is 170 Å². The molecule has 2 heterocycles. The van der Waals surface area contributed by atoms with Crippen LogP contribution in [0.3, 0.4) is 0 Å². The summed E-state index contributed by atoms with van der Waals surface area (Å²) < 4.78 is 53.7. The predicted octanol–water partition coefficient (Wildman–Crippen LogP) is 3.29. The number of fused-ring (bicyclic) bond motifs is 2. The van der Waals surface area contributed by atoms with Crippen molar-refractivity contribution in [3.63, 3.8) is 0 Å². The second-order valence-electron chi connectivity index (χ2n) is 7.08. The molecule has 0 saturated heterocycles. The molecule has 2 aliphatic rings. The van der Waals surface area contributed by atoms with Crippen LogP contribution in [0.25, 0.3) is 0 Å². The lowest BCUT2D eigenvalue weighted by molar-refractivity contribution is -0.153. The van der Waals surface area contributed by atoms with Gasteiger partial charge in [-0.2, -0.15) is 13.2 Å². The zero-order chi connectivity index (χ0) is 21.0. The number of halogens is 5. The second-order valence-corrected chi connectivity index (χ2v) is 7.99. The van der Waals surface area contributed by atoms with Crippen LogP contribution in [-0.2, 0) is 10.2 Å². The van der Waals surface area contributed by atoms with Crippen molar-refractivity contribution in [3.8, 4) is 0 Å². The van der Waals surface area contributed by atoms with E-state index in [1.807, 2.05) is 0 Å². The van der Waals surface area contributed by atoms with Crippen molar-refractivity contribution in [2.45, 2.75) is 18.0 Å². The van der Waals surface area contributed by atoms with E-state index >= 15 is 0 Å². The van der Waals surface area contributed by atoms with E-state index in [0.29, 0.717) is 10.0 Å². The molecule has 0 unspecified atom stereocenters. The minimum atomic E-state index is -4.41. The summed E-state index contributed by atoms with van der Waals surface area (Å²) >= 11 is 3.25. The van der Waals surface area contributed by atoms with Crippen molar-refractivity contribution in [1.29, 1.82) is 0 Å². The monoisotopic (exact) mass is 472 g/mol. The van der Waals surface area contributed by atoms with Crippen LogP contribution in [0.4, 0.5) is 23.5 Å². The molecule has 1 N–H and O–H groups in total. The first-order valence-electron chi connectivity index (χ1n) is 8.53. The molecule has 4 rings (SSSR count). The molecule has 29 heavy (non-hydrogen) atoms. The topological polar surface area (TPSA) is 75.2 Å². The number of carbonyl (C=O) groups excluding carboxylic acids is 2. The molecule has 1 aromatic heterocycles. The lowest BCUT2D eigenvalue weighted by Gasteiger charge is -2.35. The van der Waals surface area contributed by atoms with Crippen molar-refractivity contribution in [3.05, 3.63) is 52.0 Å². The molecule has 1 saturated carbocycles. The molecule has 2 atom stereocenters. The van der Waals surface area contributed by atoms with Crippen LogP contribution >= 0.6 is 15.9 Å². The number of hydrogen-bond donors (Lipinski definition) is 1. The molecular formula is C18H13BrF4N4O2. The first-order chi connectivity index (χ1) is 13.6. The molecule has 0 bridgehead atoms. The van der Waals surface area contributed by atoms with E-state index in [2.05, 4.69) is 31.2 Å². The van der Waals surface area contributed by atoms with E-state index in [-0.39, 0.29) is 24.5 Å². The predicted molar refractivity (Wildman–Crippen MR) is 96.5 cm³/mol. The number of rotatable bonds is 3. The van der Waals surface area contributed by atoms with E-state index in [0.717, 1.165) is 17.3 Å². The van der Waals surface area contributed by atoms with Crippen LogP contribution in [0, 0.1) is 11.7 Å². The molecule has 11 heteroatoms. The summed E-state index contributed by atoms with van der Waals surface area (Å²) in [5.74, 6) is -3.65. The van der Waals surface area contributed by atoms with E-state index in [4.69, 9.17) is 0 Å². The number of carbonyl (C=O) groups is 2. The SMILES string of the molecule is O=C(CN1C[C@@]2(C[C@H]2C(F)(F)F)c2cc(Br)ccc2C1=O)Nc1ncc(F)cn1. The number of benzene rings is 1. The summed E-state index contributed by atoms with van der Waals surface area (Å²) in [6.45, 7) is -0.696. The molecule has 1 aliphatic carbocycles. The van der Waals surface area contributed by atoms with E-state index in [9.17, 15) is 27.2 Å². The summed E-state index contributed by atoms with van der Waals surface area (Å²) in [4.78, 5) is 33.3. The van der Waals surface area contributed by atoms with Gasteiger partial charge in [-0.05, 0) is 30.2 Å². The Morgan fingerprint density at radius 2 is 2.00 bits per heavy atom. The highest BCUT2D eigenvalue weighted by Gasteiger charge is 2.69. The number of amides is 2. The molecule has 1 aliphatic heterocycles. The average molecular weight is 473 g/mol. The normalized spacial score (nSPS) is 23.1. The summed E-state index contributed by atoms with van der Waals surface area (Å²) in [6, 6.07) is 4.58. The summed E-state index contributed by atoms with van der Waals surface area (Å²) in [7, 11) is 0. The lowest BCUT2D eigenvalue weighted by Crippen LogP contribution is -2.48. The van der Waals surface area contributed by atoms with Crippen LogP contribution in [-0.4, -0.2) is 45.9 Å². The maximum Gasteiger partial charge on any atom is 0.392 e. The first-order valence-corrected chi connectivity index (χ1v) is 9.33. The minimum Gasteiger partial charge on any atom is -0.328 e. The maximum absolute atomic E-state index is 13.4. The Bertz CT molecular complexity index is 998. The number of alkyl halides is 3. The Morgan fingerprint density at radius 3 is 2.62 bits per heavy atom. The molecule has 1 aromatic carbocycles. The Kier molecular flexibility index (Phi) is 4.60. The third-order valence-corrected chi connectivity index (χ3v) is 5.68. The van der Waals surface area contributed by atoms with Crippen LogP contribution in [0.15, 0.2) is 35.1 Å². The van der Waals surface area contributed by atoms with Gasteiger partial charge in [-0.1, -0.05) is 15.9 Å². The Morgan fingerprint density at radius 1 is 1.31 bits per heavy atom. The van der Waals surface area contributed by atoms with Crippen LogP contribution < -0.4 is 5.32 Å². The summed E-state index contributed by atoms with van der Waals surface area (Å²) in [6.07, 6.45) is -2.84. The van der Waals surface area contributed by atoms with Gasteiger partial charge in [-0.3, -0.25) is 14.9 Å². The number of hydrogen-bond acceptors (Lipinski definition) is 4. The first kappa shape index (κ1) is 19.7. The van der Waals surface area contributed by atoms with Crippen molar-refractivity contribution in [2.24, 2.45) is 5.92 Å². The van der Waals surface area contributed by atoms with Gasteiger partial charge in [0.05, 0.1) is 18.3 Å². The average Bonchev–Trinajstić information content (AvgIpc) is 3.37. The largest absolute Gasteiger partial charge is 0.392 e. The van der Waals surface area contributed by atoms with E-state index in [1.54, 1.807) is 12.1 Å². The van der Waals surface area contributed by atoms with Crippen molar-refractivity contribution >= 4 is 33.7 Å². The van der Waals surface area contributed by atoms with Gasteiger partial charge in [0, 0.05) is 22.0 Å². The van der Waals surface area contributed by atoms with Gasteiger partial charge in [0.2, 0.25) is 11.9 Å². The zero-order valence-corrected chi connectivity index (χ0v) is 16.2. The fourth-order valence-corrected chi connectivity index (χ4v) is 4.19. The highest BCUT2D eigenvalue weighted by Crippen LogP contribution is 2.63. The second kappa shape index (κ2) is 6.75. The summed E-state index contributed by atoms with van der Waals surface area (Å²) in [5, 5.41) is 2.31. The number of aromatic nitrogens is 2. The molecule has 6 nitrogen and oxygen atoms in total. The molecular weight excluding hydrogens is 460 g/mol. The summed E-state index contributed by atoms with van der Waals surface area (Å²) in [5.41, 5.74) is -0.771. The molecule has 1 spiro atoms. The van der Waals surface area contributed by atoms with Crippen molar-refractivity contribution in [2.75, 3.05) is 18.4 Å². The van der Waals surface area contributed by atoms with Gasteiger partial charge < -0.3 is 4.90 Å². The van der Waals surface area contributed by atoms with Gasteiger partial charge >= 0.3 is 6.18 Å². The standard InChI is InChI=1S/C18H13BrF4N4O2/c19-9-1-2-11-12(3-9)17(4-13(17)18(21,22)23)8-27(15(11)29)7-14(28)26-16-24-5-10(20)6-25-16/h1-3,5-6,13H,4,7-8H2,(H,24,25,26,28)/t13-,17+/m1/s1. The van der Waals surface area contributed by atoms with Gasteiger partial charge in [0.1, 0.15) is 6.54 Å². The highest BCUT2D eigenvalue weighted by molar-refractivity contribution is 9.10. The Hall–Kier alpha value is -2.56. The number of nitrogens with one attached hydrogen (secondary N) is 1. The Balaban J connectivity index is 1.59. The quantitative estimate of drug-likeness (QED) is 0.695. The lowest BCUT2D eigenvalue weighted by atomic mass is 9.84. The van der Waals surface area contributed by atoms with Crippen molar-refractivity contribution in [1.82, 2.24) is 14.9 Å². The molecule has 2 amide bonds. The third kappa shape index (κ3) is 3.59. The number of anilines is 1. The van der Waals surface area contributed by atoms with Gasteiger partial charge in [-0.25, -0.2) is 14.4 Å². The fraction of sp³-hybridized carbons (Fsp3) is 0.333. The van der Waals surface area contributed by atoms with Gasteiger partial charge in [0.15, 0.2) is 5.82 Å². The van der Waals surface area contributed by atoms with Crippen LogP contribution in [0.5, 0.6) is 0 Å². The highest BCUT2D eigenvalue weighted by atomic mass is 79.9. The van der Waals surface area contributed by atoms with Crippen LogP contribution in [0.1, 0.15) is 22.3 Å².